The van der Waals surface area contributed by atoms with Gasteiger partial charge in [-0.2, -0.15) is 0 Å². The molecule has 0 saturated heterocycles. The van der Waals surface area contributed by atoms with Crippen LogP contribution in [-0.4, -0.2) is 56.0 Å². The van der Waals surface area contributed by atoms with Crippen LogP contribution in [-0.2, 0) is 4.74 Å². The SMILES string of the molecule is CCCCOCC(O)CN(C)CCCN. The summed E-state index contributed by atoms with van der Waals surface area (Å²) in [6, 6.07) is 0. The first-order valence-corrected chi connectivity index (χ1v) is 5.85. The third-order valence-corrected chi connectivity index (χ3v) is 2.22. The van der Waals surface area contributed by atoms with Gasteiger partial charge in [-0.15, -0.1) is 0 Å². The van der Waals surface area contributed by atoms with Crippen LogP contribution in [0.25, 0.3) is 0 Å². The molecule has 0 aliphatic heterocycles. The quantitative estimate of drug-likeness (QED) is 0.523. The maximum Gasteiger partial charge on any atom is 0.0900 e. The lowest BCUT2D eigenvalue weighted by atomic mass is 10.3. The number of nitrogens with two attached hydrogens (primary N) is 1. The molecule has 4 heteroatoms. The van der Waals surface area contributed by atoms with Crippen molar-refractivity contribution in [3.8, 4) is 0 Å². The van der Waals surface area contributed by atoms with Gasteiger partial charge < -0.3 is 20.5 Å². The van der Waals surface area contributed by atoms with E-state index in [1.165, 1.54) is 0 Å². The van der Waals surface area contributed by atoms with Gasteiger partial charge in [-0.3, -0.25) is 0 Å². The summed E-state index contributed by atoms with van der Waals surface area (Å²) in [7, 11) is 1.99. The number of aliphatic hydroxyl groups excluding tert-OH is 1. The van der Waals surface area contributed by atoms with Gasteiger partial charge in [0.1, 0.15) is 0 Å². The van der Waals surface area contributed by atoms with E-state index >= 15 is 0 Å². The van der Waals surface area contributed by atoms with Crippen molar-refractivity contribution in [2.24, 2.45) is 5.73 Å². The van der Waals surface area contributed by atoms with Crippen LogP contribution in [0.3, 0.4) is 0 Å². The summed E-state index contributed by atoms with van der Waals surface area (Å²) in [5.74, 6) is 0. The third kappa shape index (κ3) is 10.1. The molecule has 0 spiro atoms. The average molecular weight is 218 g/mol. The molecule has 1 unspecified atom stereocenters. The standard InChI is InChI=1S/C11H26N2O2/c1-3-4-8-15-10-11(14)9-13(2)7-5-6-12/h11,14H,3-10,12H2,1-2H3. The number of aliphatic hydroxyl groups is 1. The third-order valence-electron chi connectivity index (χ3n) is 2.22. The Labute approximate surface area is 93.4 Å². The summed E-state index contributed by atoms with van der Waals surface area (Å²) in [6.45, 7) is 5.61. The summed E-state index contributed by atoms with van der Waals surface area (Å²) >= 11 is 0. The first kappa shape index (κ1) is 14.8. The van der Waals surface area contributed by atoms with E-state index in [1.54, 1.807) is 0 Å². The van der Waals surface area contributed by atoms with E-state index in [1.807, 2.05) is 7.05 Å². The van der Waals surface area contributed by atoms with Crippen molar-refractivity contribution in [2.75, 3.05) is 39.9 Å². The van der Waals surface area contributed by atoms with E-state index in [0.717, 1.165) is 32.4 Å². The number of rotatable bonds is 10. The van der Waals surface area contributed by atoms with Crippen LogP contribution in [0.4, 0.5) is 0 Å². The normalized spacial score (nSPS) is 13.4. The lowest BCUT2D eigenvalue weighted by Crippen LogP contribution is -2.33. The van der Waals surface area contributed by atoms with Gasteiger partial charge in [0.05, 0.1) is 12.7 Å². The molecular formula is C11H26N2O2. The fraction of sp³-hybridized carbons (Fsp3) is 1.00. The van der Waals surface area contributed by atoms with Crippen LogP contribution in [0.15, 0.2) is 0 Å². The van der Waals surface area contributed by atoms with Crippen molar-refractivity contribution in [1.82, 2.24) is 4.90 Å². The molecule has 3 N–H and O–H groups in total. The highest BCUT2D eigenvalue weighted by molar-refractivity contribution is 4.60. The van der Waals surface area contributed by atoms with Crippen LogP contribution >= 0.6 is 0 Å². The Kier molecular flexibility index (Phi) is 10.3. The Morgan fingerprint density at radius 3 is 2.73 bits per heavy atom. The highest BCUT2D eigenvalue weighted by Gasteiger charge is 2.07. The molecule has 0 aliphatic carbocycles. The van der Waals surface area contributed by atoms with Crippen molar-refractivity contribution in [1.29, 1.82) is 0 Å². The predicted octanol–water partition coefficient (Wildman–Crippen LogP) is 0.445. The second-order valence-corrected chi connectivity index (χ2v) is 3.99. The number of hydrogen-bond acceptors (Lipinski definition) is 4. The van der Waals surface area contributed by atoms with Crippen LogP contribution < -0.4 is 5.73 Å². The smallest absolute Gasteiger partial charge is 0.0900 e. The van der Waals surface area contributed by atoms with Gasteiger partial charge in [-0.1, -0.05) is 13.3 Å². The Balaban J connectivity index is 3.33. The first-order chi connectivity index (χ1) is 7.20. The molecule has 15 heavy (non-hydrogen) atoms. The Hall–Kier alpha value is -0.160. The predicted molar refractivity (Wildman–Crippen MR) is 62.9 cm³/mol. The van der Waals surface area contributed by atoms with Crippen LogP contribution in [0, 0.1) is 0 Å². The van der Waals surface area contributed by atoms with E-state index in [-0.39, 0.29) is 6.10 Å². The Morgan fingerprint density at radius 1 is 1.40 bits per heavy atom. The van der Waals surface area contributed by atoms with Crippen molar-refractivity contribution in [3.05, 3.63) is 0 Å². The van der Waals surface area contributed by atoms with Gasteiger partial charge in [-0.25, -0.2) is 0 Å². The largest absolute Gasteiger partial charge is 0.389 e. The topological polar surface area (TPSA) is 58.7 Å². The second-order valence-electron chi connectivity index (χ2n) is 3.99. The molecule has 0 bridgehead atoms. The molecule has 92 valence electrons. The molecule has 1 atom stereocenters. The molecule has 0 aromatic rings. The zero-order valence-corrected chi connectivity index (χ0v) is 10.1. The first-order valence-electron chi connectivity index (χ1n) is 5.85. The van der Waals surface area contributed by atoms with Gasteiger partial charge in [0.2, 0.25) is 0 Å². The van der Waals surface area contributed by atoms with Crippen LogP contribution in [0.1, 0.15) is 26.2 Å². The minimum absolute atomic E-state index is 0.385. The summed E-state index contributed by atoms with van der Waals surface area (Å²) < 4.78 is 5.34. The number of hydrogen-bond donors (Lipinski definition) is 2. The second kappa shape index (κ2) is 10.4. The lowest BCUT2D eigenvalue weighted by molar-refractivity contribution is 0.0199. The highest BCUT2D eigenvalue weighted by atomic mass is 16.5. The van der Waals surface area contributed by atoms with E-state index in [2.05, 4.69) is 11.8 Å². The number of ether oxygens (including phenoxy) is 1. The van der Waals surface area contributed by atoms with Crippen LogP contribution in [0.2, 0.25) is 0 Å². The fourth-order valence-electron chi connectivity index (χ4n) is 1.33. The van der Waals surface area contributed by atoms with Crippen molar-refractivity contribution >= 4 is 0 Å². The van der Waals surface area contributed by atoms with Gasteiger partial charge in [-0.05, 0) is 33.0 Å². The summed E-state index contributed by atoms with van der Waals surface area (Å²) in [4.78, 5) is 2.08. The van der Waals surface area contributed by atoms with Crippen LogP contribution in [0.5, 0.6) is 0 Å². The molecule has 0 fully saturated rings. The van der Waals surface area contributed by atoms with E-state index in [0.29, 0.717) is 19.7 Å². The monoisotopic (exact) mass is 218 g/mol. The van der Waals surface area contributed by atoms with Gasteiger partial charge in [0.15, 0.2) is 0 Å². The zero-order valence-electron chi connectivity index (χ0n) is 10.1. The number of unbranched alkanes of at least 4 members (excludes halogenated alkanes) is 1. The molecule has 0 rings (SSSR count). The Bertz CT molecular complexity index is 134. The van der Waals surface area contributed by atoms with E-state index in [9.17, 15) is 5.11 Å². The molecule has 0 aromatic carbocycles. The van der Waals surface area contributed by atoms with Crippen molar-refractivity contribution in [2.45, 2.75) is 32.3 Å². The molecule has 0 saturated carbocycles. The summed E-state index contributed by atoms with van der Waals surface area (Å²) in [6.07, 6.45) is 2.78. The molecular weight excluding hydrogens is 192 g/mol. The van der Waals surface area contributed by atoms with Gasteiger partial charge in [0.25, 0.3) is 0 Å². The highest BCUT2D eigenvalue weighted by Crippen LogP contribution is 1.94. The van der Waals surface area contributed by atoms with E-state index < -0.39 is 0 Å². The molecule has 0 aromatic heterocycles. The molecule has 0 amide bonds. The molecule has 0 aliphatic rings. The minimum Gasteiger partial charge on any atom is -0.389 e. The van der Waals surface area contributed by atoms with E-state index in [4.69, 9.17) is 10.5 Å². The zero-order chi connectivity index (χ0) is 11.5. The maximum absolute atomic E-state index is 9.62. The lowest BCUT2D eigenvalue weighted by Gasteiger charge is -2.20. The van der Waals surface area contributed by atoms with Crippen molar-refractivity contribution < 1.29 is 9.84 Å². The maximum atomic E-state index is 9.62. The van der Waals surface area contributed by atoms with Gasteiger partial charge >= 0.3 is 0 Å². The van der Waals surface area contributed by atoms with Crippen molar-refractivity contribution in [3.63, 3.8) is 0 Å². The molecule has 0 heterocycles. The summed E-state index contributed by atoms with van der Waals surface area (Å²) in [5.41, 5.74) is 5.41. The fourth-order valence-corrected chi connectivity index (χ4v) is 1.33. The number of nitrogens with zero attached hydrogens (tertiary/aromatic N) is 1. The minimum atomic E-state index is -0.385. The summed E-state index contributed by atoms with van der Waals surface area (Å²) in [5, 5.41) is 9.62. The molecule has 4 nitrogen and oxygen atoms in total. The average Bonchev–Trinajstić information content (AvgIpc) is 2.21. The number of likely N-dealkylation sites (N-methyl/N-ethyl adjacent to an activating group) is 1. The van der Waals surface area contributed by atoms with Gasteiger partial charge in [0, 0.05) is 13.2 Å². The molecule has 0 radical (unpaired) electrons. The Morgan fingerprint density at radius 2 is 2.13 bits per heavy atom.